The van der Waals surface area contributed by atoms with Gasteiger partial charge in [0.2, 0.25) is 0 Å². The van der Waals surface area contributed by atoms with E-state index >= 15 is 0 Å². The largest absolute Gasteiger partial charge is 0.480 e. The Morgan fingerprint density at radius 3 is 2.79 bits per heavy atom. The molecule has 2 atom stereocenters. The molecule has 1 aliphatic heterocycles. The molecule has 0 saturated carbocycles. The van der Waals surface area contributed by atoms with Gasteiger partial charge >= 0.3 is 5.97 Å². The molecule has 0 amide bonds. The summed E-state index contributed by atoms with van der Waals surface area (Å²) in [5.41, 5.74) is 0. The Bertz CT molecular complexity index is 196. The van der Waals surface area contributed by atoms with Crippen LogP contribution in [0.3, 0.4) is 0 Å². The molecule has 0 aliphatic carbocycles. The molecule has 1 saturated heterocycles. The summed E-state index contributed by atoms with van der Waals surface area (Å²) in [6.07, 6.45) is 2.78. The summed E-state index contributed by atoms with van der Waals surface area (Å²) < 4.78 is 0. The van der Waals surface area contributed by atoms with Crippen LogP contribution in [0.25, 0.3) is 0 Å². The number of hydrogen-bond acceptors (Lipinski definition) is 3. The van der Waals surface area contributed by atoms with Crippen LogP contribution in [0.4, 0.5) is 0 Å². The van der Waals surface area contributed by atoms with E-state index < -0.39 is 5.97 Å². The third-order valence-electron chi connectivity index (χ3n) is 2.84. The van der Waals surface area contributed by atoms with Crippen molar-refractivity contribution < 1.29 is 15.0 Å². The third kappa shape index (κ3) is 2.96. The average Bonchev–Trinajstić information content (AvgIpc) is 2.32. The van der Waals surface area contributed by atoms with Crippen LogP contribution >= 0.6 is 0 Å². The van der Waals surface area contributed by atoms with Crippen molar-refractivity contribution in [2.24, 2.45) is 0 Å². The number of rotatable bonds is 3. The van der Waals surface area contributed by atoms with Gasteiger partial charge in [0.05, 0.1) is 6.10 Å². The second-order valence-corrected chi connectivity index (χ2v) is 3.88. The van der Waals surface area contributed by atoms with E-state index in [1.165, 1.54) is 0 Å². The Labute approximate surface area is 84.5 Å². The van der Waals surface area contributed by atoms with Gasteiger partial charge in [0, 0.05) is 6.54 Å². The van der Waals surface area contributed by atoms with Gasteiger partial charge in [0.1, 0.15) is 6.04 Å². The number of aliphatic hydroxyl groups is 1. The van der Waals surface area contributed by atoms with Gasteiger partial charge in [-0.15, -0.1) is 0 Å². The first kappa shape index (κ1) is 11.5. The second-order valence-electron chi connectivity index (χ2n) is 3.88. The molecule has 0 aromatic heterocycles. The van der Waals surface area contributed by atoms with Gasteiger partial charge in [-0.3, -0.25) is 9.69 Å². The van der Waals surface area contributed by atoms with Crippen molar-refractivity contribution >= 4 is 5.97 Å². The number of likely N-dealkylation sites (tertiary alicyclic amines) is 1. The predicted molar refractivity (Wildman–Crippen MR) is 53.1 cm³/mol. The van der Waals surface area contributed by atoms with Gasteiger partial charge in [-0.25, -0.2) is 0 Å². The number of carboxylic acids is 1. The van der Waals surface area contributed by atoms with E-state index in [4.69, 9.17) is 5.11 Å². The Balaban J connectivity index is 2.53. The second kappa shape index (κ2) is 5.32. The highest BCUT2D eigenvalue weighted by atomic mass is 16.4. The molecule has 0 spiro atoms. The van der Waals surface area contributed by atoms with Crippen LogP contribution in [0.1, 0.15) is 32.6 Å². The van der Waals surface area contributed by atoms with E-state index in [9.17, 15) is 9.90 Å². The zero-order valence-corrected chi connectivity index (χ0v) is 8.65. The van der Waals surface area contributed by atoms with Gasteiger partial charge < -0.3 is 10.2 Å². The maximum Gasteiger partial charge on any atom is 0.320 e. The molecule has 14 heavy (non-hydrogen) atoms. The molecule has 1 heterocycles. The van der Waals surface area contributed by atoms with Gasteiger partial charge in [-0.1, -0.05) is 6.92 Å². The van der Waals surface area contributed by atoms with Crippen LogP contribution < -0.4 is 0 Å². The summed E-state index contributed by atoms with van der Waals surface area (Å²) in [4.78, 5) is 12.9. The van der Waals surface area contributed by atoms with Crippen LogP contribution in [-0.2, 0) is 4.79 Å². The van der Waals surface area contributed by atoms with Crippen molar-refractivity contribution in [1.29, 1.82) is 0 Å². The first-order chi connectivity index (χ1) is 6.65. The molecule has 0 aromatic carbocycles. The molecule has 0 aromatic rings. The lowest BCUT2D eigenvalue weighted by Gasteiger charge is -2.26. The highest BCUT2D eigenvalue weighted by Gasteiger charge is 2.25. The minimum absolute atomic E-state index is 0.244. The fourth-order valence-corrected chi connectivity index (χ4v) is 2.00. The number of carbonyl (C=O) groups is 1. The van der Waals surface area contributed by atoms with E-state index in [1.54, 1.807) is 0 Å². The first-order valence-electron chi connectivity index (χ1n) is 5.30. The molecule has 4 heteroatoms. The molecular formula is C10H19NO3. The number of nitrogens with zero attached hydrogens (tertiary/aromatic N) is 1. The average molecular weight is 201 g/mol. The fourth-order valence-electron chi connectivity index (χ4n) is 2.00. The molecule has 1 rings (SSSR count). The first-order valence-corrected chi connectivity index (χ1v) is 5.30. The molecule has 82 valence electrons. The lowest BCUT2D eigenvalue weighted by Crippen LogP contribution is -2.41. The Hall–Kier alpha value is -0.610. The Morgan fingerprint density at radius 1 is 1.50 bits per heavy atom. The molecule has 2 N–H and O–H groups in total. The van der Waals surface area contributed by atoms with Crippen LogP contribution in [0.5, 0.6) is 0 Å². The lowest BCUT2D eigenvalue weighted by atomic mass is 10.2. The highest BCUT2D eigenvalue weighted by Crippen LogP contribution is 2.14. The van der Waals surface area contributed by atoms with Crippen LogP contribution in [-0.4, -0.2) is 46.3 Å². The molecule has 0 radical (unpaired) electrons. The summed E-state index contributed by atoms with van der Waals surface area (Å²) >= 11 is 0. The summed E-state index contributed by atoms with van der Waals surface area (Å²) in [6, 6.07) is -0.375. The van der Waals surface area contributed by atoms with E-state index in [-0.39, 0.29) is 12.1 Å². The molecule has 2 unspecified atom stereocenters. The van der Waals surface area contributed by atoms with E-state index in [2.05, 4.69) is 0 Å². The highest BCUT2D eigenvalue weighted by molar-refractivity contribution is 5.73. The normalized spacial score (nSPS) is 26.9. The summed E-state index contributed by atoms with van der Waals surface area (Å²) in [7, 11) is 0. The summed E-state index contributed by atoms with van der Waals surface area (Å²) in [5.74, 6) is -0.746. The van der Waals surface area contributed by atoms with Gasteiger partial charge in [-0.2, -0.15) is 0 Å². The summed E-state index contributed by atoms with van der Waals surface area (Å²) in [5, 5.41) is 18.4. The monoisotopic (exact) mass is 201 g/mol. The summed E-state index contributed by atoms with van der Waals surface area (Å²) in [6.45, 7) is 3.38. The van der Waals surface area contributed by atoms with Gasteiger partial charge in [0.15, 0.2) is 0 Å². The van der Waals surface area contributed by atoms with Gasteiger partial charge in [0.25, 0.3) is 0 Å². The molecule has 1 aliphatic rings. The predicted octanol–water partition coefficient (Wildman–Crippen LogP) is 0.696. The molecule has 4 nitrogen and oxygen atoms in total. The van der Waals surface area contributed by atoms with Crippen molar-refractivity contribution in [1.82, 2.24) is 4.90 Å². The van der Waals surface area contributed by atoms with E-state index in [0.29, 0.717) is 19.4 Å². The Kier molecular flexibility index (Phi) is 4.35. The number of aliphatic hydroxyl groups excluding tert-OH is 1. The maximum absolute atomic E-state index is 10.9. The van der Waals surface area contributed by atoms with Crippen molar-refractivity contribution in [2.75, 3.05) is 13.1 Å². The number of aliphatic carboxylic acids is 1. The number of carboxylic acid groups (broad SMARTS) is 1. The van der Waals surface area contributed by atoms with Crippen molar-refractivity contribution in [3.63, 3.8) is 0 Å². The van der Waals surface area contributed by atoms with Crippen molar-refractivity contribution in [3.05, 3.63) is 0 Å². The lowest BCUT2D eigenvalue weighted by molar-refractivity contribution is -0.143. The van der Waals surface area contributed by atoms with E-state index in [0.717, 1.165) is 19.4 Å². The zero-order valence-electron chi connectivity index (χ0n) is 8.65. The van der Waals surface area contributed by atoms with E-state index in [1.807, 2.05) is 11.8 Å². The van der Waals surface area contributed by atoms with Crippen LogP contribution in [0.15, 0.2) is 0 Å². The zero-order chi connectivity index (χ0) is 10.6. The topological polar surface area (TPSA) is 60.8 Å². The molecule has 1 fully saturated rings. The van der Waals surface area contributed by atoms with Crippen LogP contribution in [0, 0.1) is 0 Å². The minimum atomic E-state index is -0.746. The van der Waals surface area contributed by atoms with Crippen LogP contribution in [0.2, 0.25) is 0 Å². The fraction of sp³-hybridized carbons (Fsp3) is 0.900. The van der Waals surface area contributed by atoms with Crippen molar-refractivity contribution in [3.8, 4) is 0 Å². The standard InChI is InChI=1S/C10H19NO3/c1-2-9(10(13)14)11-6-3-4-8(12)5-7-11/h8-9,12H,2-7H2,1H3,(H,13,14). The maximum atomic E-state index is 10.9. The smallest absolute Gasteiger partial charge is 0.320 e. The quantitative estimate of drug-likeness (QED) is 0.705. The molecular weight excluding hydrogens is 182 g/mol. The molecule has 0 bridgehead atoms. The van der Waals surface area contributed by atoms with Gasteiger partial charge in [-0.05, 0) is 32.2 Å². The number of hydrogen-bond donors (Lipinski definition) is 2. The SMILES string of the molecule is CCC(C(=O)O)N1CCCC(O)CC1. The third-order valence-corrected chi connectivity index (χ3v) is 2.84. The van der Waals surface area contributed by atoms with Crippen molar-refractivity contribution in [2.45, 2.75) is 44.8 Å². The minimum Gasteiger partial charge on any atom is -0.480 e. The Morgan fingerprint density at radius 2 is 2.21 bits per heavy atom.